The number of aliphatic hydroxyl groups is 1. The first kappa shape index (κ1) is 22.5. The number of H-pyrrole nitrogens is 1. The van der Waals surface area contributed by atoms with Crippen molar-refractivity contribution in [2.24, 2.45) is 0 Å². The highest BCUT2D eigenvalue weighted by Gasteiger charge is 2.17. The fraction of sp³-hybridized carbons (Fsp3) is 0.261. The number of aromatic amines is 1. The lowest BCUT2D eigenvalue weighted by atomic mass is 10.1. The van der Waals surface area contributed by atoms with E-state index in [1.807, 2.05) is 31.2 Å². The number of pyridine rings is 1. The molecule has 1 aromatic heterocycles. The fourth-order valence-electron chi connectivity index (χ4n) is 3.28. The lowest BCUT2D eigenvalue weighted by molar-refractivity contribution is 0.0602. The van der Waals surface area contributed by atoms with Crippen LogP contribution in [0.1, 0.15) is 27.9 Å². The number of esters is 1. The van der Waals surface area contributed by atoms with E-state index >= 15 is 0 Å². The first-order chi connectivity index (χ1) is 14.9. The van der Waals surface area contributed by atoms with Crippen LogP contribution in [-0.2, 0) is 11.3 Å². The summed E-state index contributed by atoms with van der Waals surface area (Å²) in [5.41, 5.74) is 3.10. The smallest absolute Gasteiger partial charge is 0.339 e. The number of benzene rings is 2. The Morgan fingerprint density at radius 3 is 2.74 bits per heavy atom. The van der Waals surface area contributed by atoms with Gasteiger partial charge in [0.1, 0.15) is 0 Å². The van der Waals surface area contributed by atoms with Crippen molar-refractivity contribution in [3.8, 4) is 0 Å². The molecular weight excluding hydrogens is 414 g/mol. The van der Waals surface area contributed by atoms with Crippen molar-refractivity contribution in [2.75, 3.05) is 25.6 Å². The molecule has 0 fully saturated rings. The number of methoxy groups -OCH3 is 1. The summed E-state index contributed by atoms with van der Waals surface area (Å²) in [7, 11) is 1.32. The van der Waals surface area contributed by atoms with Crippen molar-refractivity contribution in [2.45, 2.75) is 19.9 Å². The van der Waals surface area contributed by atoms with E-state index in [1.54, 1.807) is 29.2 Å². The number of nitrogens with one attached hydrogen (secondary N) is 2. The second kappa shape index (κ2) is 10.2. The molecule has 0 radical (unpaired) electrons. The van der Waals surface area contributed by atoms with Crippen LogP contribution in [-0.4, -0.2) is 46.3 Å². The third-order valence-electron chi connectivity index (χ3n) is 4.89. The van der Waals surface area contributed by atoms with Gasteiger partial charge >= 0.3 is 5.97 Å². The third kappa shape index (κ3) is 5.48. The number of fused-ring (bicyclic) bond motifs is 1. The number of thiocarbonyl (C=S) groups is 1. The molecule has 0 unspecified atom stereocenters. The Balaban J connectivity index is 1.88. The second-order valence-electron chi connectivity index (χ2n) is 7.18. The average Bonchev–Trinajstić information content (AvgIpc) is 2.76. The molecule has 3 N–H and O–H groups in total. The largest absolute Gasteiger partial charge is 0.465 e. The Kier molecular flexibility index (Phi) is 7.38. The van der Waals surface area contributed by atoms with Crippen molar-refractivity contribution < 1.29 is 14.6 Å². The third-order valence-corrected chi connectivity index (χ3v) is 5.25. The zero-order chi connectivity index (χ0) is 22.4. The SMILES string of the molecule is COC(=O)c1ccccc1NC(=S)N(CCCO)Cc1cc2cc(C)ccc2[nH]c1=O. The topological polar surface area (TPSA) is 94.7 Å². The van der Waals surface area contributed by atoms with E-state index in [4.69, 9.17) is 17.0 Å². The molecule has 7 nitrogen and oxygen atoms in total. The summed E-state index contributed by atoms with van der Waals surface area (Å²) in [5, 5.41) is 13.7. The van der Waals surface area contributed by atoms with Gasteiger partial charge in [-0.3, -0.25) is 4.79 Å². The number of carbonyl (C=O) groups excluding carboxylic acids is 1. The van der Waals surface area contributed by atoms with Crippen molar-refractivity contribution in [3.05, 3.63) is 75.6 Å². The van der Waals surface area contributed by atoms with E-state index in [0.29, 0.717) is 34.9 Å². The number of rotatable bonds is 7. The highest BCUT2D eigenvalue weighted by atomic mass is 32.1. The summed E-state index contributed by atoms with van der Waals surface area (Å²) in [6, 6.07) is 14.6. The molecule has 0 atom stereocenters. The van der Waals surface area contributed by atoms with Crippen LogP contribution < -0.4 is 10.9 Å². The summed E-state index contributed by atoms with van der Waals surface area (Å²) < 4.78 is 4.83. The zero-order valence-corrected chi connectivity index (χ0v) is 18.3. The van der Waals surface area contributed by atoms with E-state index in [-0.39, 0.29) is 18.7 Å². The van der Waals surface area contributed by atoms with Gasteiger partial charge in [-0.1, -0.05) is 23.8 Å². The highest BCUT2D eigenvalue weighted by Crippen LogP contribution is 2.18. The zero-order valence-electron chi connectivity index (χ0n) is 17.5. The van der Waals surface area contributed by atoms with Crippen LogP contribution in [0.3, 0.4) is 0 Å². The summed E-state index contributed by atoms with van der Waals surface area (Å²) in [6.07, 6.45) is 0.477. The molecular formula is C23H25N3O4S. The number of anilines is 1. The van der Waals surface area contributed by atoms with Crippen LogP contribution in [0.2, 0.25) is 0 Å². The molecule has 0 aliphatic carbocycles. The van der Waals surface area contributed by atoms with Gasteiger partial charge in [0, 0.05) is 24.2 Å². The molecule has 0 aliphatic heterocycles. The molecule has 3 rings (SSSR count). The number of carbonyl (C=O) groups is 1. The van der Waals surface area contributed by atoms with Crippen molar-refractivity contribution in [1.82, 2.24) is 9.88 Å². The van der Waals surface area contributed by atoms with E-state index in [0.717, 1.165) is 16.5 Å². The Morgan fingerprint density at radius 1 is 1.23 bits per heavy atom. The lowest BCUT2D eigenvalue weighted by Crippen LogP contribution is -2.37. The summed E-state index contributed by atoms with van der Waals surface area (Å²) >= 11 is 5.58. The van der Waals surface area contributed by atoms with Crippen LogP contribution >= 0.6 is 12.2 Å². The van der Waals surface area contributed by atoms with Crippen molar-refractivity contribution in [1.29, 1.82) is 0 Å². The quantitative estimate of drug-likeness (QED) is 0.384. The van der Waals surface area contributed by atoms with Gasteiger partial charge in [0.25, 0.3) is 5.56 Å². The minimum atomic E-state index is -0.478. The van der Waals surface area contributed by atoms with E-state index in [2.05, 4.69) is 10.3 Å². The van der Waals surface area contributed by atoms with Crippen LogP contribution in [0.15, 0.2) is 53.3 Å². The Labute approximate surface area is 185 Å². The number of aliphatic hydroxyl groups excluding tert-OH is 1. The van der Waals surface area contributed by atoms with E-state index in [1.165, 1.54) is 7.11 Å². The number of nitrogens with zero attached hydrogens (tertiary/aromatic N) is 1. The summed E-state index contributed by atoms with van der Waals surface area (Å²) in [5.74, 6) is -0.478. The first-order valence-corrected chi connectivity index (χ1v) is 10.3. The predicted octanol–water partition coefficient (Wildman–Crippen LogP) is 3.20. The molecule has 0 aliphatic rings. The fourth-order valence-corrected chi connectivity index (χ4v) is 3.55. The Hall–Kier alpha value is -3.23. The molecule has 1 heterocycles. The first-order valence-electron chi connectivity index (χ1n) is 9.89. The predicted molar refractivity (Wildman–Crippen MR) is 125 cm³/mol. The molecule has 0 saturated carbocycles. The van der Waals surface area contributed by atoms with Crippen molar-refractivity contribution in [3.63, 3.8) is 0 Å². The molecule has 2 aromatic carbocycles. The summed E-state index contributed by atoms with van der Waals surface area (Å²) in [6.45, 7) is 2.68. The minimum Gasteiger partial charge on any atom is -0.465 e. The van der Waals surface area contributed by atoms with Crippen LogP contribution in [0.25, 0.3) is 10.9 Å². The van der Waals surface area contributed by atoms with E-state index in [9.17, 15) is 14.7 Å². The van der Waals surface area contributed by atoms with Gasteiger partial charge in [-0.05, 0) is 61.3 Å². The van der Waals surface area contributed by atoms with Crippen LogP contribution in [0.5, 0.6) is 0 Å². The number of aryl methyl sites for hydroxylation is 1. The second-order valence-corrected chi connectivity index (χ2v) is 7.57. The number of aromatic nitrogens is 1. The van der Waals surface area contributed by atoms with Crippen molar-refractivity contribution >= 4 is 39.9 Å². The number of hydrogen-bond acceptors (Lipinski definition) is 5. The van der Waals surface area contributed by atoms with Gasteiger partial charge < -0.3 is 25.0 Å². The summed E-state index contributed by atoms with van der Waals surface area (Å²) in [4.78, 5) is 29.4. The maximum atomic E-state index is 12.6. The highest BCUT2D eigenvalue weighted by molar-refractivity contribution is 7.80. The van der Waals surface area contributed by atoms with Gasteiger partial charge in [-0.2, -0.15) is 0 Å². The van der Waals surface area contributed by atoms with Gasteiger partial charge in [-0.25, -0.2) is 4.79 Å². The molecule has 162 valence electrons. The van der Waals surface area contributed by atoms with Gasteiger partial charge in [0.15, 0.2) is 5.11 Å². The molecule has 0 bridgehead atoms. The maximum absolute atomic E-state index is 12.6. The van der Waals surface area contributed by atoms with E-state index < -0.39 is 5.97 Å². The minimum absolute atomic E-state index is 0.00880. The molecule has 0 saturated heterocycles. The molecule has 8 heteroatoms. The lowest BCUT2D eigenvalue weighted by Gasteiger charge is -2.26. The number of para-hydroxylation sites is 1. The van der Waals surface area contributed by atoms with Gasteiger partial charge in [0.2, 0.25) is 0 Å². The number of ether oxygens (including phenoxy) is 1. The Bertz CT molecular complexity index is 1160. The average molecular weight is 440 g/mol. The van der Waals surface area contributed by atoms with Crippen LogP contribution in [0.4, 0.5) is 5.69 Å². The van der Waals surface area contributed by atoms with Gasteiger partial charge in [-0.15, -0.1) is 0 Å². The molecule has 0 amide bonds. The molecule has 0 spiro atoms. The maximum Gasteiger partial charge on any atom is 0.339 e. The Morgan fingerprint density at radius 2 is 2.00 bits per heavy atom. The standard InChI is InChI=1S/C23H25N3O4S/c1-15-8-9-19-16(12-15)13-17(21(28)24-19)14-26(10-5-11-27)23(31)25-20-7-4-3-6-18(20)22(29)30-2/h3-4,6-9,12-13,27H,5,10-11,14H2,1-2H3,(H,24,28)(H,25,31). The molecule has 31 heavy (non-hydrogen) atoms. The number of hydrogen-bond donors (Lipinski definition) is 3. The van der Waals surface area contributed by atoms with Gasteiger partial charge in [0.05, 0.1) is 24.9 Å². The normalized spacial score (nSPS) is 10.7. The molecule has 3 aromatic rings. The van der Waals surface area contributed by atoms with Crippen LogP contribution in [0, 0.1) is 6.92 Å². The monoisotopic (exact) mass is 439 g/mol.